The molecule has 11 heteroatoms. The lowest BCUT2D eigenvalue weighted by atomic mass is 9.92. The monoisotopic (exact) mass is 510 g/mol. The zero-order valence-corrected chi connectivity index (χ0v) is 20.8. The van der Waals surface area contributed by atoms with Crippen molar-refractivity contribution in [2.75, 3.05) is 33.3 Å². The topological polar surface area (TPSA) is 127 Å². The van der Waals surface area contributed by atoms with Crippen LogP contribution >= 0.6 is 0 Å². The number of hydrogen-bond donors (Lipinski definition) is 1. The Morgan fingerprint density at radius 1 is 1.22 bits per heavy atom. The minimum Gasteiger partial charge on any atom is -0.502 e. The van der Waals surface area contributed by atoms with Crippen LogP contribution in [0.2, 0.25) is 0 Å². The van der Waals surface area contributed by atoms with Crippen LogP contribution in [-0.4, -0.2) is 70.1 Å². The van der Waals surface area contributed by atoms with E-state index in [4.69, 9.17) is 13.9 Å². The summed E-state index contributed by atoms with van der Waals surface area (Å²) in [6.45, 7) is 3.04. The number of ether oxygens (including phenoxy) is 2. The van der Waals surface area contributed by atoms with Crippen LogP contribution in [0.15, 0.2) is 51.9 Å². The maximum absolute atomic E-state index is 12.6. The highest BCUT2D eigenvalue weighted by molar-refractivity contribution is 5.71. The van der Waals surface area contributed by atoms with Crippen LogP contribution < -0.4 is 10.2 Å². The molecule has 0 spiro atoms. The predicted molar refractivity (Wildman–Crippen MR) is 132 cm³/mol. The number of carbonyl (C=O) groups excluding carboxylic acids is 2. The molecule has 1 aliphatic heterocycles. The molecule has 3 aromatic rings. The number of aryl methyl sites for hydroxylation is 1. The Morgan fingerprint density at radius 3 is 2.57 bits per heavy atom. The van der Waals surface area contributed by atoms with Gasteiger partial charge < -0.3 is 28.5 Å². The second kappa shape index (κ2) is 11.7. The summed E-state index contributed by atoms with van der Waals surface area (Å²) in [4.78, 5) is 43.8. The molecular formula is C26H30N4O7. The van der Waals surface area contributed by atoms with Crippen molar-refractivity contribution in [1.29, 1.82) is 0 Å². The zero-order valence-electron chi connectivity index (χ0n) is 20.8. The van der Waals surface area contributed by atoms with Crippen LogP contribution in [0.1, 0.15) is 35.2 Å². The van der Waals surface area contributed by atoms with Crippen LogP contribution in [-0.2, 0) is 34.5 Å². The number of esters is 1. The third-order valence-electron chi connectivity index (χ3n) is 6.42. The minimum atomic E-state index is -0.754. The number of benzene rings is 1. The van der Waals surface area contributed by atoms with Gasteiger partial charge in [0, 0.05) is 51.7 Å². The van der Waals surface area contributed by atoms with Crippen molar-refractivity contribution in [3.8, 4) is 11.5 Å². The summed E-state index contributed by atoms with van der Waals surface area (Å²) in [5, 5.41) is 10.6. The SMILES string of the molecule is COC(=O)CC(c1ccc(OCc2nccn2C)cc1)c1oc(CN2CCN(C=O)CC2)cc(=O)c1O. The predicted octanol–water partition coefficient (Wildman–Crippen LogP) is 1.63. The Hall–Kier alpha value is -4.12. The molecule has 1 fully saturated rings. The van der Waals surface area contributed by atoms with E-state index in [0.717, 1.165) is 12.2 Å². The van der Waals surface area contributed by atoms with Gasteiger partial charge >= 0.3 is 5.97 Å². The largest absolute Gasteiger partial charge is 0.502 e. The van der Waals surface area contributed by atoms with Crippen molar-refractivity contribution < 1.29 is 28.6 Å². The number of amides is 1. The molecule has 3 heterocycles. The minimum absolute atomic E-state index is 0.00102. The van der Waals surface area contributed by atoms with Gasteiger partial charge in [0.05, 0.1) is 26.0 Å². The van der Waals surface area contributed by atoms with E-state index in [9.17, 15) is 19.5 Å². The highest BCUT2D eigenvalue weighted by Gasteiger charge is 2.27. The molecule has 1 unspecified atom stereocenters. The molecule has 0 saturated carbocycles. The average molecular weight is 511 g/mol. The fourth-order valence-corrected chi connectivity index (χ4v) is 4.21. The fourth-order valence-electron chi connectivity index (χ4n) is 4.21. The molecule has 1 aromatic carbocycles. The van der Waals surface area contributed by atoms with Crippen molar-refractivity contribution >= 4 is 12.4 Å². The Balaban J connectivity index is 1.57. The summed E-state index contributed by atoms with van der Waals surface area (Å²) in [6.07, 6.45) is 4.21. The molecule has 2 aromatic heterocycles. The van der Waals surface area contributed by atoms with Gasteiger partial charge in [-0.05, 0) is 17.7 Å². The number of rotatable bonds is 10. The van der Waals surface area contributed by atoms with Gasteiger partial charge in [0.2, 0.25) is 17.6 Å². The van der Waals surface area contributed by atoms with Crippen molar-refractivity contribution in [3.63, 3.8) is 0 Å². The Kier molecular flexibility index (Phi) is 8.24. The summed E-state index contributed by atoms with van der Waals surface area (Å²) in [5.74, 6) is -0.0868. The molecule has 1 aliphatic rings. The Morgan fingerprint density at radius 2 is 1.95 bits per heavy atom. The van der Waals surface area contributed by atoms with Gasteiger partial charge in [-0.25, -0.2) is 4.98 Å². The molecule has 0 aliphatic carbocycles. The van der Waals surface area contributed by atoms with Gasteiger partial charge in [0.15, 0.2) is 5.76 Å². The number of carbonyl (C=O) groups is 2. The van der Waals surface area contributed by atoms with Gasteiger partial charge in [-0.3, -0.25) is 19.3 Å². The van der Waals surface area contributed by atoms with Crippen LogP contribution in [0, 0.1) is 0 Å². The maximum atomic E-state index is 12.6. The van der Waals surface area contributed by atoms with Crippen molar-refractivity contribution in [2.24, 2.45) is 7.05 Å². The normalized spacial score (nSPS) is 14.8. The van der Waals surface area contributed by atoms with Gasteiger partial charge in [0.1, 0.15) is 23.9 Å². The third-order valence-corrected chi connectivity index (χ3v) is 6.42. The number of aromatic nitrogens is 2. The summed E-state index contributed by atoms with van der Waals surface area (Å²) in [7, 11) is 3.16. The van der Waals surface area contributed by atoms with Gasteiger partial charge in [-0.15, -0.1) is 0 Å². The van der Waals surface area contributed by atoms with Gasteiger partial charge in [-0.1, -0.05) is 12.1 Å². The van der Waals surface area contributed by atoms with Crippen molar-refractivity contribution in [3.05, 3.63) is 75.9 Å². The molecule has 1 amide bonds. The summed E-state index contributed by atoms with van der Waals surface area (Å²) in [5.41, 5.74) is 0.0533. The average Bonchev–Trinajstić information content (AvgIpc) is 3.33. The van der Waals surface area contributed by atoms with E-state index in [1.54, 1.807) is 35.4 Å². The molecule has 1 N–H and O–H groups in total. The second-order valence-corrected chi connectivity index (χ2v) is 8.85. The number of imidazole rings is 1. The number of hydrogen-bond acceptors (Lipinski definition) is 9. The fraction of sp³-hybridized carbons (Fsp3) is 0.385. The lowest BCUT2D eigenvalue weighted by Gasteiger charge is -2.32. The Bertz CT molecular complexity index is 1280. The first-order chi connectivity index (χ1) is 17.9. The van der Waals surface area contributed by atoms with E-state index < -0.39 is 23.1 Å². The standard InChI is InChI=1S/C26H30N4O7/c1-28-8-7-27-23(28)16-36-19-5-3-18(4-6-19)21(14-24(33)35-2)26-25(34)22(32)13-20(37-26)15-29-9-11-30(17-31)12-10-29/h3-8,13,17,21,34H,9-12,14-16H2,1-2H3. The first-order valence-corrected chi connectivity index (χ1v) is 11.9. The van der Waals surface area contributed by atoms with Gasteiger partial charge in [-0.2, -0.15) is 0 Å². The highest BCUT2D eigenvalue weighted by Crippen LogP contribution is 2.34. The first-order valence-electron chi connectivity index (χ1n) is 11.9. The second-order valence-electron chi connectivity index (χ2n) is 8.85. The number of piperazine rings is 1. The number of methoxy groups -OCH3 is 1. The Labute approximate surface area is 213 Å². The van der Waals surface area contributed by atoms with Crippen LogP contribution in [0.4, 0.5) is 0 Å². The lowest BCUT2D eigenvalue weighted by Crippen LogP contribution is -2.45. The summed E-state index contributed by atoms with van der Waals surface area (Å²) >= 11 is 0. The van der Waals surface area contributed by atoms with E-state index in [1.807, 2.05) is 17.8 Å². The first kappa shape index (κ1) is 26.0. The van der Waals surface area contributed by atoms with Crippen LogP contribution in [0.3, 0.4) is 0 Å². The molecular weight excluding hydrogens is 480 g/mol. The molecule has 37 heavy (non-hydrogen) atoms. The molecule has 1 saturated heterocycles. The third kappa shape index (κ3) is 6.36. The molecule has 0 radical (unpaired) electrons. The summed E-state index contributed by atoms with van der Waals surface area (Å²) in [6, 6.07) is 8.26. The number of aromatic hydroxyl groups is 1. The molecule has 196 valence electrons. The van der Waals surface area contributed by atoms with Crippen molar-refractivity contribution in [2.45, 2.75) is 25.5 Å². The van der Waals surface area contributed by atoms with E-state index in [1.165, 1.54) is 13.2 Å². The smallest absolute Gasteiger partial charge is 0.306 e. The molecule has 0 bridgehead atoms. The van der Waals surface area contributed by atoms with E-state index in [-0.39, 0.29) is 18.8 Å². The quantitative estimate of drug-likeness (QED) is 0.320. The lowest BCUT2D eigenvalue weighted by molar-refractivity contribution is -0.141. The number of nitrogens with zero attached hydrogens (tertiary/aromatic N) is 4. The van der Waals surface area contributed by atoms with E-state index in [2.05, 4.69) is 9.88 Å². The van der Waals surface area contributed by atoms with Gasteiger partial charge in [0.25, 0.3) is 0 Å². The van der Waals surface area contributed by atoms with E-state index in [0.29, 0.717) is 49.8 Å². The molecule has 11 nitrogen and oxygen atoms in total. The highest BCUT2D eigenvalue weighted by atomic mass is 16.5. The molecule has 4 rings (SSSR count). The van der Waals surface area contributed by atoms with Crippen LogP contribution in [0.25, 0.3) is 0 Å². The zero-order chi connectivity index (χ0) is 26.4. The van der Waals surface area contributed by atoms with E-state index >= 15 is 0 Å². The van der Waals surface area contributed by atoms with Crippen LogP contribution in [0.5, 0.6) is 11.5 Å². The van der Waals surface area contributed by atoms with Crippen molar-refractivity contribution in [1.82, 2.24) is 19.4 Å². The maximum Gasteiger partial charge on any atom is 0.306 e. The summed E-state index contributed by atoms with van der Waals surface area (Å²) < 4.78 is 18.6. The molecule has 1 atom stereocenters.